The second-order valence-corrected chi connectivity index (χ2v) is 2.90. The van der Waals surface area contributed by atoms with Gasteiger partial charge in [-0.3, -0.25) is 5.10 Å². The van der Waals surface area contributed by atoms with E-state index < -0.39 is 0 Å². The average molecular weight is 150 g/mol. The van der Waals surface area contributed by atoms with Crippen molar-refractivity contribution in [1.82, 2.24) is 10.2 Å². The summed E-state index contributed by atoms with van der Waals surface area (Å²) >= 11 is 1.68. The Kier molecular flexibility index (Phi) is 1.36. The lowest BCUT2D eigenvalue weighted by atomic mass is 10.4. The molecule has 1 aromatic rings. The standard InChI is InChI=1S/C7H6N2S/c1-2-4-10-7-5-8-9-6(7)3-1/h1-5H,(H,8,9). The number of hydrogen-bond acceptors (Lipinski definition) is 2. The Hall–Kier alpha value is -0.960. The van der Waals surface area contributed by atoms with Crippen LogP contribution < -0.4 is 0 Å². The highest BCUT2D eigenvalue weighted by Gasteiger charge is 2.00. The Labute approximate surface area is 63.0 Å². The van der Waals surface area contributed by atoms with E-state index in [1.165, 1.54) is 4.90 Å². The van der Waals surface area contributed by atoms with Crippen LogP contribution in [0.2, 0.25) is 0 Å². The minimum absolute atomic E-state index is 1.09. The first kappa shape index (κ1) is 5.80. The molecule has 10 heavy (non-hydrogen) atoms. The van der Waals surface area contributed by atoms with Crippen molar-refractivity contribution in [2.45, 2.75) is 4.90 Å². The van der Waals surface area contributed by atoms with Gasteiger partial charge in [0.25, 0.3) is 0 Å². The van der Waals surface area contributed by atoms with E-state index in [1.54, 1.807) is 11.8 Å². The minimum Gasteiger partial charge on any atom is -0.277 e. The van der Waals surface area contributed by atoms with Crippen LogP contribution in [-0.4, -0.2) is 10.2 Å². The molecule has 0 aromatic carbocycles. The fourth-order valence-corrected chi connectivity index (χ4v) is 1.48. The van der Waals surface area contributed by atoms with Crippen LogP contribution in [-0.2, 0) is 0 Å². The van der Waals surface area contributed by atoms with E-state index in [9.17, 15) is 0 Å². The van der Waals surface area contributed by atoms with Gasteiger partial charge >= 0.3 is 0 Å². The number of H-pyrrole nitrogens is 1. The van der Waals surface area contributed by atoms with E-state index in [-0.39, 0.29) is 0 Å². The monoisotopic (exact) mass is 150 g/mol. The normalized spacial score (nSPS) is 14.8. The first-order chi connectivity index (χ1) is 4.97. The number of nitrogens with zero attached hydrogens (tertiary/aromatic N) is 1. The summed E-state index contributed by atoms with van der Waals surface area (Å²) in [4.78, 5) is 1.19. The second kappa shape index (κ2) is 2.34. The molecule has 0 saturated heterocycles. The Morgan fingerprint density at radius 1 is 1.40 bits per heavy atom. The summed E-state index contributed by atoms with van der Waals surface area (Å²) in [6, 6.07) is 0. The first-order valence-corrected chi connectivity index (χ1v) is 3.88. The molecule has 0 atom stereocenters. The van der Waals surface area contributed by atoms with Crippen molar-refractivity contribution in [2.24, 2.45) is 0 Å². The van der Waals surface area contributed by atoms with E-state index in [1.807, 2.05) is 29.8 Å². The number of thioether (sulfide) groups is 1. The molecule has 50 valence electrons. The van der Waals surface area contributed by atoms with Crippen molar-refractivity contribution in [1.29, 1.82) is 0 Å². The highest BCUT2D eigenvalue weighted by atomic mass is 32.2. The van der Waals surface area contributed by atoms with Crippen molar-refractivity contribution in [3.8, 4) is 0 Å². The van der Waals surface area contributed by atoms with Crippen LogP contribution in [0.3, 0.4) is 0 Å². The predicted octanol–water partition coefficient (Wildman–Crippen LogP) is 2.04. The van der Waals surface area contributed by atoms with Crippen LogP contribution in [0.25, 0.3) is 6.08 Å². The summed E-state index contributed by atoms with van der Waals surface area (Å²) < 4.78 is 0. The fraction of sp³-hybridized carbons (Fsp3) is 0. The highest BCUT2D eigenvalue weighted by Crippen LogP contribution is 2.24. The molecule has 0 fully saturated rings. The number of fused-ring (bicyclic) bond motifs is 1. The molecule has 0 unspecified atom stereocenters. The number of rotatable bonds is 0. The molecule has 0 bridgehead atoms. The Balaban J connectivity index is 2.50. The largest absolute Gasteiger partial charge is 0.277 e. The molecule has 1 aliphatic heterocycles. The molecule has 3 heteroatoms. The third-order valence-electron chi connectivity index (χ3n) is 1.28. The molecule has 0 saturated carbocycles. The summed E-state index contributed by atoms with van der Waals surface area (Å²) in [5.41, 5.74) is 1.09. The van der Waals surface area contributed by atoms with E-state index in [0.717, 1.165) is 5.69 Å². The van der Waals surface area contributed by atoms with Gasteiger partial charge in [0, 0.05) is 0 Å². The smallest absolute Gasteiger partial charge is 0.0717 e. The molecule has 2 rings (SSSR count). The molecule has 0 radical (unpaired) electrons. The molecular formula is C7H6N2S. The summed E-state index contributed by atoms with van der Waals surface area (Å²) in [6.45, 7) is 0. The molecule has 0 aliphatic carbocycles. The third kappa shape index (κ3) is 0.885. The Morgan fingerprint density at radius 3 is 3.40 bits per heavy atom. The van der Waals surface area contributed by atoms with Crippen LogP contribution in [0.4, 0.5) is 0 Å². The van der Waals surface area contributed by atoms with Gasteiger partial charge in [-0.1, -0.05) is 23.9 Å². The van der Waals surface area contributed by atoms with Gasteiger partial charge in [0.1, 0.15) is 0 Å². The molecule has 0 spiro atoms. The number of hydrogen-bond donors (Lipinski definition) is 1. The second-order valence-electron chi connectivity index (χ2n) is 1.95. The highest BCUT2D eigenvalue weighted by molar-refractivity contribution is 8.02. The maximum atomic E-state index is 3.91. The maximum Gasteiger partial charge on any atom is 0.0717 e. The van der Waals surface area contributed by atoms with E-state index in [0.29, 0.717) is 0 Å². The lowest BCUT2D eigenvalue weighted by molar-refractivity contribution is 1.08. The molecule has 2 nitrogen and oxygen atoms in total. The van der Waals surface area contributed by atoms with Crippen LogP contribution in [0.1, 0.15) is 5.69 Å². The van der Waals surface area contributed by atoms with Crippen molar-refractivity contribution >= 4 is 17.8 Å². The Morgan fingerprint density at radius 2 is 2.40 bits per heavy atom. The van der Waals surface area contributed by atoms with Crippen LogP contribution in [0, 0.1) is 0 Å². The van der Waals surface area contributed by atoms with Gasteiger partial charge in [-0.2, -0.15) is 5.10 Å². The predicted molar refractivity (Wildman–Crippen MR) is 42.6 cm³/mol. The quantitative estimate of drug-likeness (QED) is 0.613. The maximum absolute atomic E-state index is 3.91. The van der Waals surface area contributed by atoms with E-state index in [4.69, 9.17) is 0 Å². The molecular weight excluding hydrogens is 144 g/mol. The fourth-order valence-electron chi connectivity index (χ4n) is 0.808. The van der Waals surface area contributed by atoms with E-state index in [2.05, 4.69) is 10.2 Å². The lowest BCUT2D eigenvalue weighted by Gasteiger charge is -1.87. The van der Waals surface area contributed by atoms with Crippen molar-refractivity contribution in [2.75, 3.05) is 0 Å². The van der Waals surface area contributed by atoms with Crippen LogP contribution in [0.5, 0.6) is 0 Å². The Bertz CT molecular complexity index is 286. The minimum atomic E-state index is 1.09. The van der Waals surface area contributed by atoms with Gasteiger partial charge < -0.3 is 0 Å². The molecule has 0 amide bonds. The molecule has 1 aromatic heterocycles. The number of aromatic amines is 1. The van der Waals surface area contributed by atoms with Gasteiger partial charge in [0.2, 0.25) is 0 Å². The lowest BCUT2D eigenvalue weighted by Crippen LogP contribution is -1.70. The van der Waals surface area contributed by atoms with Crippen molar-refractivity contribution < 1.29 is 0 Å². The van der Waals surface area contributed by atoms with Gasteiger partial charge in [0.15, 0.2) is 0 Å². The molecule has 1 aliphatic rings. The van der Waals surface area contributed by atoms with Gasteiger partial charge in [-0.15, -0.1) is 0 Å². The van der Waals surface area contributed by atoms with Gasteiger partial charge in [-0.05, 0) is 11.5 Å². The SMILES string of the molecule is C1=CSc2cn[nH]c2C=C1. The topological polar surface area (TPSA) is 28.7 Å². The average Bonchev–Trinajstić information content (AvgIpc) is 2.28. The third-order valence-corrected chi connectivity index (χ3v) is 2.15. The summed E-state index contributed by atoms with van der Waals surface area (Å²) in [7, 11) is 0. The van der Waals surface area contributed by atoms with Crippen molar-refractivity contribution in [3.05, 3.63) is 29.5 Å². The number of allylic oxidation sites excluding steroid dienone is 2. The van der Waals surface area contributed by atoms with E-state index >= 15 is 0 Å². The summed E-state index contributed by atoms with van der Waals surface area (Å²) in [5.74, 6) is 0. The number of aromatic nitrogens is 2. The van der Waals surface area contributed by atoms with Crippen LogP contribution >= 0.6 is 11.8 Å². The first-order valence-electron chi connectivity index (χ1n) is 3.00. The zero-order valence-corrected chi connectivity index (χ0v) is 6.06. The zero-order chi connectivity index (χ0) is 6.81. The molecule has 1 N–H and O–H groups in total. The van der Waals surface area contributed by atoms with Gasteiger partial charge in [0.05, 0.1) is 16.8 Å². The summed E-state index contributed by atoms with van der Waals surface area (Å²) in [6.07, 6.45) is 7.86. The summed E-state index contributed by atoms with van der Waals surface area (Å²) in [5, 5.41) is 8.85. The molecule has 2 heterocycles. The van der Waals surface area contributed by atoms with Crippen molar-refractivity contribution in [3.63, 3.8) is 0 Å². The number of nitrogens with one attached hydrogen (secondary N) is 1. The van der Waals surface area contributed by atoms with Gasteiger partial charge in [-0.25, -0.2) is 0 Å². The zero-order valence-electron chi connectivity index (χ0n) is 5.24. The van der Waals surface area contributed by atoms with Crippen LogP contribution in [0.15, 0.2) is 28.7 Å².